The zero-order valence-corrected chi connectivity index (χ0v) is 15.7. The summed E-state index contributed by atoms with van der Waals surface area (Å²) in [4.78, 5) is 22.1. The van der Waals surface area contributed by atoms with Gasteiger partial charge in [0.05, 0.1) is 22.5 Å². The molecule has 27 heavy (non-hydrogen) atoms. The maximum Gasteiger partial charge on any atom is 0.337 e. The quantitative estimate of drug-likeness (QED) is 0.420. The number of hydrogen-bond donors (Lipinski definition) is 2. The van der Waals surface area contributed by atoms with E-state index in [-0.39, 0.29) is 22.2 Å². The largest absolute Gasteiger partial charge is 0.465 e. The lowest BCUT2D eigenvalue weighted by molar-refractivity contribution is -0.384. The van der Waals surface area contributed by atoms with Crippen molar-refractivity contribution in [3.8, 4) is 0 Å². The molecule has 0 fully saturated rings. The minimum Gasteiger partial charge on any atom is -0.465 e. The van der Waals surface area contributed by atoms with Gasteiger partial charge in [-0.25, -0.2) is 17.9 Å². The first kappa shape index (κ1) is 20.3. The highest BCUT2D eigenvalue weighted by atomic mass is 32.2. The van der Waals surface area contributed by atoms with E-state index in [2.05, 4.69) is 14.8 Å². The van der Waals surface area contributed by atoms with Gasteiger partial charge >= 0.3 is 5.97 Å². The number of ether oxygens (including phenoxy) is 1. The summed E-state index contributed by atoms with van der Waals surface area (Å²) in [5, 5.41) is 14.2. The summed E-state index contributed by atoms with van der Waals surface area (Å²) in [6.07, 6.45) is 0. The van der Waals surface area contributed by atoms with Crippen molar-refractivity contribution in [3.63, 3.8) is 0 Å². The Bertz CT molecular complexity index is 972. The molecule has 10 heteroatoms. The molecule has 0 unspecified atom stereocenters. The number of carbonyl (C=O) groups is 1. The van der Waals surface area contributed by atoms with Crippen molar-refractivity contribution < 1.29 is 22.9 Å². The van der Waals surface area contributed by atoms with Gasteiger partial charge < -0.3 is 10.1 Å². The molecular weight excluding hydrogens is 374 g/mol. The fourth-order valence-electron chi connectivity index (χ4n) is 2.31. The second-order valence-corrected chi connectivity index (χ2v) is 7.62. The predicted octanol–water partition coefficient (Wildman–Crippen LogP) is 2.81. The Morgan fingerprint density at radius 1 is 1.19 bits per heavy atom. The first-order valence-corrected chi connectivity index (χ1v) is 9.38. The van der Waals surface area contributed by atoms with Crippen molar-refractivity contribution in [2.75, 3.05) is 12.4 Å². The average Bonchev–Trinajstić information content (AvgIpc) is 2.60. The maximum absolute atomic E-state index is 12.2. The summed E-state index contributed by atoms with van der Waals surface area (Å²) in [6, 6.07) is 9.42. The lowest BCUT2D eigenvalue weighted by Gasteiger charge is -2.12. The molecule has 0 aromatic heterocycles. The molecule has 0 aliphatic rings. The number of anilines is 2. The van der Waals surface area contributed by atoms with Crippen LogP contribution in [0.4, 0.5) is 17.1 Å². The zero-order valence-electron chi connectivity index (χ0n) is 14.9. The molecule has 0 spiro atoms. The Labute approximate surface area is 156 Å². The van der Waals surface area contributed by atoms with E-state index in [0.29, 0.717) is 5.69 Å². The second-order valence-electron chi connectivity index (χ2n) is 5.91. The van der Waals surface area contributed by atoms with Crippen LogP contribution >= 0.6 is 0 Å². The van der Waals surface area contributed by atoms with Crippen molar-refractivity contribution >= 4 is 33.1 Å². The van der Waals surface area contributed by atoms with Crippen LogP contribution in [0, 0.1) is 10.1 Å². The summed E-state index contributed by atoms with van der Waals surface area (Å²) in [7, 11) is -2.62. The van der Waals surface area contributed by atoms with Crippen LogP contribution in [-0.4, -0.2) is 32.5 Å². The van der Waals surface area contributed by atoms with Crippen molar-refractivity contribution in [1.29, 1.82) is 0 Å². The second kappa shape index (κ2) is 8.14. The summed E-state index contributed by atoms with van der Waals surface area (Å²) >= 11 is 0. The van der Waals surface area contributed by atoms with Crippen molar-refractivity contribution in [2.24, 2.45) is 0 Å². The van der Waals surface area contributed by atoms with Crippen LogP contribution in [-0.2, 0) is 14.8 Å². The number of hydrogen-bond acceptors (Lipinski definition) is 7. The number of nitrogens with zero attached hydrogens (tertiary/aromatic N) is 1. The topological polar surface area (TPSA) is 128 Å². The highest BCUT2D eigenvalue weighted by Gasteiger charge is 2.22. The molecule has 0 saturated heterocycles. The highest BCUT2D eigenvalue weighted by Crippen LogP contribution is 2.30. The van der Waals surface area contributed by atoms with E-state index in [1.54, 1.807) is 32.0 Å². The standard InChI is InChI=1S/C17H19N3O6S/c1-11(2)19-27(24,25)14-7-8-15(16(10-14)20(22)23)18-13-6-4-5-12(9-13)17(21)26-3/h4-11,18-19H,1-3H3. The molecule has 2 aromatic carbocycles. The monoisotopic (exact) mass is 393 g/mol. The lowest BCUT2D eigenvalue weighted by Crippen LogP contribution is -2.30. The van der Waals surface area contributed by atoms with E-state index in [4.69, 9.17) is 0 Å². The molecule has 0 bridgehead atoms. The molecule has 0 heterocycles. The van der Waals surface area contributed by atoms with Gasteiger partial charge in [-0.05, 0) is 44.2 Å². The van der Waals surface area contributed by atoms with Gasteiger partial charge in [-0.2, -0.15) is 0 Å². The zero-order chi connectivity index (χ0) is 20.2. The molecule has 0 amide bonds. The van der Waals surface area contributed by atoms with E-state index >= 15 is 0 Å². The summed E-state index contributed by atoms with van der Waals surface area (Å²) in [5.41, 5.74) is 0.359. The molecule has 2 N–H and O–H groups in total. The normalized spacial score (nSPS) is 11.3. The molecule has 0 aliphatic heterocycles. The van der Waals surface area contributed by atoms with Crippen molar-refractivity contribution in [1.82, 2.24) is 4.72 Å². The highest BCUT2D eigenvalue weighted by molar-refractivity contribution is 7.89. The van der Waals surface area contributed by atoms with E-state index in [9.17, 15) is 23.3 Å². The van der Waals surface area contributed by atoms with Crippen molar-refractivity contribution in [2.45, 2.75) is 24.8 Å². The molecule has 0 aliphatic carbocycles. The van der Waals surface area contributed by atoms with Crippen LogP contribution in [0.1, 0.15) is 24.2 Å². The van der Waals surface area contributed by atoms with Gasteiger partial charge in [0.1, 0.15) is 5.69 Å². The maximum atomic E-state index is 12.2. The molecule has 0 atom stereocenters. The molecule has 2 aromatic rings. The fourth-order valence-corrected chi connectivity index (χ4v) is 3.58. The van der Waals surface area contributed by atoms with Crippen LogP contribution in [0.5, 0.6) is 0 Å². The van der Waals surface area contributed by atoms with E-state index in [0.717, 1.165) is 6.07 Å². The molecule has 2 rings (SSSR count). The van der Waals surface area contributed by atoms with Gasteiger partial charge in [-0.3, -0.25) is 10.1 Å². The Hall–Kier alpha value is -2.98. The Kier molecular flexibility index (Phi) is 6.13. The lowest BCUT2D eigenvalue weighted by atomic mass is 10.2. The van der Waals surface area contributed by atoms with Crippen LogP contribution in [0.15, 0.2) is 47.4 Å². The number of sulfonamides is 1. The Morgan fingerprint density at radius 2 is 1.89 bits per heavy atom. The smallest absolute Gasteiger partial charge is 0.337 e. The van der Waals surface area contributed by atoms with Crippen LogP contribution in [0.2, 0.25) is 0 Å². The van der Waals surface area contributed by atoms with Crippen LogP contribution in [0.3, 0.4) is 0 Å². The van der Waals surface area contributed by atoms with Crippen molar-refractivity contribution in [3.05, 3.63) is 58.1 Å². The minimum absolute atomic E-state index is 0.0884. The van der Waals surface area contributed by atoms with Crippen LogP contribution < -0.4 is 10.0 Å². The minimum atomic E-state index is -3.87. The van der Waals surface area contributed by atoms with E-state index < -0.39 is 26.6 Å². The number of nitrogens with one attached hydrogen (secondary N) is 2. The number of benzene rings is 2. The number of carbonyl (C=O) groups excluding carboxylic acids is 1. The number of rotatable bonds is 7. The van der Waals surface area contributed by atoms with E-state index in [1.165, 1.54) is 25.3 Å². The number of methoxy groups -OCH3 is 1. The number of nitro benzene ring substituents is 1. The Morgan fingerprint density at radius 3 is 2.48 bits per heavy atom. The van der Waals surface area contributed by atoms with Crippen LogP contribution in [0.25, 0.3) is 0 Å². The average molecular weight is 393 g/mol. The van der Waals surface area contributed by atoms with E-state index in [1.807, 2.05) is 0 Å². The summed E-state index contributed by atoms with van der Waals surface area (Å²) in [5.74, 6) is -0.547. The van der Waals surface area contributed by atoms with Gasteiger partial charge in [0.15, 0.2) is 0 Å². The number of nitro groups is 1. The SMILES string of the molecule is COC(=O)c1cccc(Nc2ccc(S(=O)(=O)NC(C)C)cc2[N+](=O)[O-])c1. The third kappa shape index (κ3) is 5.02. The van der Waals surface area contributed by atoms with Gasteiger partial charge in [-0.1, -0.05) is 6.07 Å². The first-order chi connectivity index (χ1) is 12.6. The summed E-state index contributed by atoms with van der Waals surface area (Å²) in [6.45, 7) is 3.30. The number of esters is 1. The predicted molar refractivity (Wildman–Crippen MR) is 99.6 cm³/mol. The third-order valence-corrected chi connectivity index (χ3v) is 5.09. The fraction of sp³-hybridized carbons (Fsp3) is 0.235. The van der Waals surface area contributed by atoms with Gasteiger partial charge in [-0.15, -0.1) is 0 Å². The van der Waals surface area contributed by atoms with Gasteiger partial charge in [0.2, 0.25) is 10.0 Å². The van der Waals surface area contributed by atoms with Gasteiger partial charge in [0.25, 0.3) is 5.69 Å². The molecule has 0 radical (unpaired) electrons. The Balaban J connectivity index is 2.41. The summed E-state index contributed by atoms with van der Waals surface area (Å²) < 4.78 is 31.5. The molecule has 9 nitrogen and oxygen atoms in total. The van der Waals surface area contributed by atoms with Gasteiger partial charge in [0, 0.05) is 17.8 Å². The third-order valence-electron chi connectivity index (χ3n) is 3.43. The molecular formula is C17H19N3O6S. The first-order valence-electron chi connectivity index (χ1n) is 7.90. The molecule has 144 valence electrons. The molecule has 0 saturated carbocycles.